The summed E-state index contributed by atoms with van der Waals surface area (Å²) >= 11 is 1.49. The van der Waals surface area contributed by atoms with Gasteiger partial charge in [0.2, 0.25) is 5.91 Å². The van der Waals surface area contributed by atoms with Crippen molar-refractivity contribution in [3.05, 3.63) is 34.3 Å². The molecule has 0 aromatic carbocycles. The fourth-order valence-electron chi connectivity index (χ4n) is 2.65. The van der Waals surface area contributed by atoms with Gasteiger partial charge < -0.3 is 10.2 Å². The molecule has 0 spiro atoms. The van der Waals surface area contributed by atoms with E-state index in [0.717, 1.165) is 23.4 Å². The summed E-state index contributed by atoms with van der Waals surface area (Å²) in [5.74, 6) is -0.0225. The second-order valence-electron chi connectivity index (χ2n) is 5.57. The molecule has 2 amide bonds. The number of anilines is 1. The third-order valence-electron chi connectivity index (χ3n) is 3.69. The van der Waals surface area contributed by atoms with Gasteiger partial charge in [-0.2, -0.15) is 5.10 Å². The summed E-state index contributed by atoms with van der Waals surface area (Å²) in [6, 6.07) is 2.09. The quantitative estimate of drug-likeness (QED) is 0.944. The van der Waals surface area contributed by atoms with E-state index >= 15 is 0 Å². The maximum atomic E-state index is 12.4. The zero-order chi connectivity index (χ0) is 15.7. The van der Waals surface area contributed by atoms with Crippen molar-refractivity contribution in [2.45, 2.75) is 26.3 Å². The van der Waals surface area contributed by atoms with Crippen LogP contribution in [0.5, 0.6) is 0 Å². The number of thiophene rings is 1. The van der Waals surface area contributed by atoms with Crippen LogP contribution in [0, 0.1) is 6.92 Å². The van der Waals surface area contributed by atoms with Gasteiger partial charge in [-0.05, 0) is 30.4 Å². The highest BCUT2D eigenvalue weighted by atomic mass is 32.1. The van der Waals surface area contributed by atoms with Gasteiger partial charge in [0, 0.05) is 26.2 Å². The molecular formula is C15H18N4O2S. The summed E-state index contributed by atoms with van der Waals surface area (Å²) in [5, 5.41) is 8.99. The van der Waals surface area contributed by atoms with Crippen LogP contribution >= 0.6 is 11.3 Å². The van der Waals surface area contributed by atoms with Gasteiger partial charge in [-0.15, -0.1) is 11.3 Å². The first-order valence-corrected chi connectivity index (χ1v) is 8.07. The van der Waals surface area contributed by atoms with Gasteiger partial charge in [-0.1, -0.05) is 0 Å². The van der Waals surface area contributed by atoms with Gasteiger partial charge in [-0.25, -0.2) is 0 Å². The Balaban J connectivity index is 1.65. The Morgan fingerprint density at radius 3 is 2.95 bits per heavy atom. The number of aromatic nitrogens is 2. The van der Waals surface area contributed by atoms with Crippen LogP contribution in [0.15, 0.2) is 23.8 Å². The SMILES string of the molecule is CC(=O)Nc1cnn(C2CCN(C(=O)c3cc(C)cs3)C2)c1. The minimum absolute atomic E-state index is 0.0924. The number of hydrogen-bond acceptors (Lipinski definition) is 4. The van der Waals surface area contributed by atoms with Crippen molar-refractivity contribution in [1.29, 1.82) is 0 Å². The molecule has 1 unspecified atom stereocenters. The molecule has 1 N–H and O–H groups in total. The van der Waals surface area contributed by atoms with E-state index in [-0.39, 0.29) is 17.9 Å². The molecule has 1 aliphatic heterocycles. The number of hydrogen-bond donors (Lipinski definition) is 1. The van der Waals surface area contributed by atoms with Crippen molar-refractivity contribution >= 4 is 28.8 Å². The maximum Gasteiger partial charge on any atom is 0.264 e. The lowest BCUT2D eigenvalue weighted by Crippen LogP contribution is -2.28. The first-order chi connectivity index (χ1) is 10.5. The monoisotopic (exact) mass is 318 g/mol. The number of amides is 2. The summed E-state index contributed by atoms with van der Waals surface area (Å²) < 4.78 is 1.83. The molecular weight excluding hydrogens is 300 g/mol. The number of rotatable bonds is 3. The Morgan fingerprint density at radius 2 is 2.27 bits per heavy atom. The molecule has 1 aliphatic rings. The van der Waals surface area contributed by atoms with Gasteiger partial charge in [0.25, 0.3) is 5.91 Å². The topological polar surface area (TPSA) is 67.2 Å². The third-order valence-corrected chi connectivity index (χ3v) is 4.72. The van der Waals surface area contributed by atoms with Crippen molar-refractivity contribution in [2.24, 2.45) is 0 Å². The zero-order valence-corrected chi connectivity index (χ0v) is 13.4. The van der Waals surface area contributed by atoms with Gasteiger partial charge in [-0.3, -0.25) is 14.3 Å². The van der Waals surface area contributed by atoms with Crippen LogP contribution in [0.1, 0.15) is 34.6 Å². The van der Waals surface area contributed by atoms with Gasteiger partial charge in [0.1, 0.15) is 0 Å². The Kier molecular flexibility index (Phi) is 3.98. The molecule has 7 heteroatoms. The van der Waals surface area contributed by atoms with E-state index < -0.39 is 0 Å². The van der Waals surface area contributed by atoms with Gasteiger partial charge in [0.15, 0.2) is 0 Å². The largest absolute Gasteiger partial charge is 0.336 e. The van der Waals surface area contributed by atoms with Crippen molar-refractivity contribution in [2.75, 3.05) is 18.4 Å². The van der Waals surface area contributed by atoms with E-state index in [1.165, 1.54) is 18.3 Å². The predicted octanol–water partition coefficient (Wildman–Crippen LogP) is 2.30. The number of aryl methyl sites for hydroxylation is 1. The molecule has 2 aromatic heterocycles. The molecule has 6 nitrogen and oxygen atoms in total. The van der Waals surface area contributed by atoms with Crippen LogP contribution in [-0.2, 0) is 4.79 Å². The van der Waals surface area contributed by atoms with Crippen molar-refractivity contribution in [1.82, 2.24) is 14.7 Å². The van der Waals surface area contributed by atoms with Crippen LogP contribution in [0.4, 0.5) is 5.69 Å². The first kappa shape index (κ1) is 14.8. The lowest BCUT2D eigenvalue weighted by molar-refractivity contribution is -0.114. The average molecular weight is 318 g/mol. The van der Waals surface area contributed by atoms with Gasteiger partial charge in [0.05, 0.1) is 22.8 Å². The number of carbonyl (C=O) groups is 2. The minimum atomic E-state index is -0.115. The van der Waals surface area contributed by atoms with Crippen LogP contribution in [-0.4, -0.2) is 39.6 Å². The number of nitrogens with one attached hydrogen (secondary N) is 1. The Hall–Kier alpha value is -2.15. The molecule has 1 fully saturated rings. The fourth-order valence-corrected chi connectivity index (χ4v) is 3.51. The second kappa shape index (κ2) is 5.92. The van der Waals surface area contributed by atoms with E-state index in [9.17, 15) is 9.59 Å². The molecule has 3 rings (SSSR count). The standard InChI is InChI=1S/C15H18N4O2S/c1-10-5-14(22-9-10)15(21)18-4-3-13(8-18)19-7-12(6-16-19)17-11(2)20/h5-7,9,13H,3-4,8H2,1-2H3,(H,17,20). The Bertz CT molecular complexity index is 706. The normalized spacial score (nSPS) is 17.7. The van der Waals surface area contributed by atoms with Crippen molar-refractivity contribution < 1.29 is 9.59 Å². The zero-order valence-electron chi connectivity index (χ0n) is 12.6. The van der Waals surface area contributed by atoms with Crippen LogP contribution in [0.2, 0.25) is 0 Å². The number of likely N-dealkylation sites (tertiary alicyclic amines) is 1. The highest BCUT2D eigenvalue weighted by molar-refractivity contribution is 7.12. The van der Waals surface area contributed by atoms with E-state index in [1.54, 1.807) is 6.20 Å². The van der Waals surface area contributed by atoms with E-state index in [0.29, 0.717) is 12.2 Å². The summed E-state index contributed by atoms with van der Waals surface area (Å²) in [4.78, 5) is 26.1. The molecule has 3 heterocycles. The predicted molar refractivity (Wildman–Crippen MR) is 85.1 cm³/mol. The molecule has 22 heavy (non-hydrogen) atoms. The summed E-state index contributed by atoms with van der Waals surface area (Å²) in [7, 11) is 0. The van der Waals surface area contributed by atoms with E-state index in [1.807, 2.05) is 34.1 Å². The minimum Gasteiger partial charge on any atom is -0.336 e. The first-order valence-electron chi connectivity index (χ1n) is 7.19. The number of nitrogens with zero attached hydrogens (tertiary/aromatic N) is 3. The van der Waals surface area contributed by atoms with E-state index in [2.05, 4.69) is 10.4 Å². The molecule has 0 radical (unpaired) electrons. The highest BCUT2D eigenvalue weighted by Crippen LogP contribution is 2.25. The molecule has 0 saturated carbocycles. The maximum absolute atomic E-state index is 12.4. The molecule has 2 aromatic rings. The van der Waals surface area contributed by atoms with Crippen molar-refractivity contribution in [3.8, 4) is 0 Å². The summed E-state index contributed by atoms with van der Waals surface area (Å²) in [5.41, 5.74) is 1.81. The van der Waals surface area contributed by atoms with Crippen LogP contribution < -0.4 is 5.32 Å². The molecule has 1 atom stereocenters. The van der Waals surface area contributed by atoms with Crippen molar-refractivity contribution in [3.63, 3.8) is 0 Å². The lowest BCUT2D eigenvalue weighted by Gasteiger charge is -2.15. The third kappa shape index (κ3) is 3.04. The van der Waals surface area contributed by atoms with Crippen LogP contribution in [0.3, 0.4) is 0 Å². The Morgan fingerprint density at radius 1 is 1.45 bits per heavy atom. The van der Waals surface area contributed by atoms with Gasteiger partial charge >= 0.3 is 0 Å². The summed E-state index contributed by atoms with van der Waals surface area (Å²) in [6.07, 6.45) is 4.32. The second-order valence-corrected chi connectivity index (χ2v) is 6.48. The van der Waals surface area contributed by atoms with E-state index in [4.69, 9.17) is 0 Å². The Labute approximate surface area is 132 Å². The molecule has 0 aliphatic carbocycles. The number of carbonyl (C=O) groups excluding carboxylic acids is 2. The fraction of sp³-hybridized carbons (Fsp3) is 0.400. The average Bonchev–Trinajstić information content (AvgIpc) is 3.16. The smallest absolute Gasteiger partial charge is 0.264 e. The molecule has 1 saturated heterocycles. The molecule has 0 bridgehead atoms. The summed E-state index contributed by atoms with van der Waals surface area (Å²) in [6.45, 7) is 4.84. The lowest BCUT2D eigenvalue weighted by atomic mass is 10.3. The highest BCUT2D eigenvalue weighted by Gasteiger charge is 2.29. The van der Waals surface area contributed by atoms with Crippen LogP contribution in [0.25, 0.3) is 0 Å². The molecule has 116 valence electrons.